The maximum absolute atomic E-state index is 6.00. The molecule has 264 valence electrons. The summed E-state index contributed by atoms with van der Waals surface area (Å²) in [5, 5.41) is 4.41. The van der Waals surface area contributed by atoms with E-state index in [2.05, 4.69) is 95.6 Å². The maximum Gasteiger partial charge on any atom is 0.0622 e. The predicted molar refractivity (Wildman–Crippen MR) is 201 cm³/mol. The lowest BCUT2D eigenvalue weighted by molar-refractivity contribution is -0.219. The summed E-state index contributed by atoms with van der Waals surface area (Å²) in [6, 6.07) is 10.7. The highest BCUT2D eigenvalue weighted by Crippen LogP contribution is 2.76. The first-order valence-corrected chi connectivity index (χ1v) is 20.4. The first-order chi connectivity index (χ1) is 22.8. The normalized spacial score (nSPS) is 46.5. The molecule has 11 atom stereocenters. The number of piperidine rings is 1. The Morgan fingerprint density at radius 2 is 1.58 bits per heavy atom. The van der Waals surface area contributed by atoms with E-state index in [1.165, 1.54) is 100 Å². The summed E-state index contributed by atoms with van der Waals surface area (Å²) in [5.74, 6) is 3.74. The van der Waals surface area contributed by atoms with Crippen molar-refractivity contribution in [3.8, 4) is 0 Å². The number of morpholine rings is 1. The monoisotopic (exact) mass is 653 g/mol. The van der Waals surface area contributed by atoms with Gasteiger partial charge in [-0.25, -0.2) is 0 Å². The van der Waals surface area contributed by atoms with E-state index < -0.39 is 0 Å². The summed E-state index contributed by atoms with van der Waals surface area (Å²) in [6.45, 7) is 27.0. The number of hydrogen-bond donors (Lipinski definition) is 1. The van der Waals surface area contributed by atoms with Crippen LogP contribution in [-0.2, 0) is 4.74 Å². The van der Waals surface area contributed by atoms with E-state index in [1.54, 1.807) is 5.57 Å². The van der Waals surface area contributed by atoms with Crippen LogP contribution in [0.3, 0.4) is 0 Å². The molecule has 0 spiro atoms. The van der Waals surface area contributed by atoms with Gasteiger partial charge >= 0.3 is 0 Å². The Balaban J connectivity index is 1.07. The molecule has 1 aromatic carbocycles. The highest BCUT2D eigenvalue weighted by molar-refractivity contribution is 5.71. The number of ether oxygens (including phenoxy) is 1. The molecule has 3 heteroatoms. The fourth-order valence-electron chi connectivity index (χ4n) is 15.0. The highest BCUT2D eigenvalue weighted by Gasteiger charge is 2.70. The lowest BCUT2D eigenvalue weighted by Gasteiger charge is -2.72. The molecule has 8 rings (SSSR count). The van der Waals surface area contributed by atoms with Crippen LogP contribution in [0, 0.1) is 58.2 Å². The van der Waals surface area contributed by atoms with Gasteiger partial charge < -0.3 is 10.1 Å². The zero-order valence-corrected chi connectivity index (χ0v) is 31.8. The number of fused-ring (bicyclic) bond motifs is 9. The van der Waals surface area contributed by atoms with Crippen LogP contribution >= 0.6 is 0 Å². The second-order valence-electron chi connectivity index (χ2n) is 19.7. The first-order valence-electron chi connectivity index (χ1n) is 20.4. The minimum atomic E-state index is 0.197. The quantitative estimate of drug-likeness (QED) is 0.310. The fourth-order valence-corrected chi connectivity index (χ4v) is 15.0. The van der Waals surface area contributed by atoms with E-state index in [1.807, 2.05) is 0 Å². The zero-order valence-electron chi connectivity index (χ0n) is 31.8. The van der Waals surface area contributed by atoms with Crippen molar-refractivity contribution in [2.75, 3.05) is 26.3 Å². The molecule has 1 aromatic rings. The van der Waals surface area contributed by atoms with Crippen molar-refractivity contribution in [3.63, 3.8) is 0 Å². The number of hydrogen-bond acceptors (Lipinski definition) is 3. The summed E-state index contributed by atoms with van der Waals surface area (Å²) in [4.78, 5) is 2.83. The van der Waals surface area contributed by atoms with Crippen molar-refractivity contribution in [1.82, 2.24) is 10.2 Å². The van der Waals surface area contributed by atoms with Crippen molar-refractivity contribution in [1.29, 1.82) is 0 Å². The molecular weight excluding hydrogens is 585 g/mol. The van der Waals surface area contributed by atoms with Crippen LogP contribution in [0.4, 0.5) is 0 Å². The smallest absolute Gasteiger partial charge is 0.0622 e. The van der Waals surface area contributed by atoms with E-state index in [9.17, 15) is 0 Å². The molecule has 0 radical (unpaired) electrons. The minimum absolute atomic E-state index is 0.197. The Kier molecular flexibility index (Phi) is 8.29. The van der Waals surface area contributed by atoms with Gasteiger partial charge in [-0.05, 0) is 147 Å². The van der Waals surface area contributed by atoms with Gasteiger partial charge in [-0.2, -0.15) is 0 Å². The Bertz CT molecular complexity index is 1400. The molecule has 5 aliphatic carbocycles. The second kappa shape index (κ2) is 11.8. The zero-order chi connectivity index (χ0) is 33.7. The first kappa shape index (κ1) is 33.7. The molecule has 2 heterocycles. The SMILES string of the molecule is C=C(C)[C@@H]1CC[C@]2(NCCN3C4CCCC3COC4)CC[C@]3(C)[C@H](CC[C@@H]4[C@@]5(C)CC=C(c6ccc(C)cc6)C(C)(C)[C@@H]5CC[C@]43C)[C@@H]12. The standard InChI is InChI=1S/C45H68N2O/c1-30(2)35-18-23-45(46-26-27-47-33-10-9-11-34(47)29-48-28-33)25-24-43(7)37(40(35)45)16-17-39-42(6)21-19-36(32-14-12-31(3)13-15-32)41(4,5)38(42)20-22-44(39,43)8/h12-15,19,33-35,37-40,46H,1,9-11,16-18,20-29H2,2-8H3/t33?,34?,35-,37+,38-,39+,40+,42-,43+,44+,45-/m0/s1. The number of aryl methyl sites for hydroxylation is 1. The lowest BCUT2D eigenvalue weighted by atomic mass is 9.33. The van der Waals surface area contributed by atoms with E-state index in [0.717, 1.165) is 43.4 Å². The van der Waals surface area contributed by atoms with Gasteiger partial charge in [-0.1, -0.05) is 89.1 Å². The summed E-state index contributed by atoms with van der Waals surface area (Å²) < 4.78 is 6.00. The van der Waals surface area contributed by atoms with E-state index in [4.69, 9.17) is 4.74 Å². The van der Waals surface area contributed by atoms with Gasteiger partial charge in [0.2, 0.25) is 0 Å². The third kappa shape index (κ3) is 4.82. The average molecular weight is 653 g/mol. The Morgan fingerprint density at radius 1 is 0.854 bits per heavy atom. The summed E-state index contributed by atoms with van der Waals surface area (Å²) in [6.07, 6.45) is 19.0. The highest BCUT2D eigenvalue weighted by atomic mass is 16.5. The lowest BCUT2D eigenvalue weighted by Crippen LogP contribution is -2.68. The van der Waals surface area contributed by atoms with Gasteiger partial charge in [0.15, 0.2) is 0 Å². The van der Waals surface area contributed by atoms with Crippen LogP contribution in [0.5, 0.6) is 0 Å². The van der Waals surface area contributed by atoms with Crippen LogP contribution in [0.15, 0.2) is 42.5 Å². The van der Waals surface area contributed by atoms with Crippen LogP contribution in [0.2, 0.25) is 0 Å². The molecule has 1 N–H and O–H groups in total. The minimum Gasteiger partial charge on any atom is -0.378 e. The number of rotatable bonds is 6. The van der Waals surface area contributed by atoms with Gasteiger partial charge in [-0.3, -0.25) is 4.90 Å². The maximum atomic E-state index is 6.00. The van der Waals surface area contributed by atoms with Gasteiger partial charge in [0.1, 0.15) is 0 Å². The van der Waals surface area contributed by atoms with Crippen LogP contribution in [0.25, 0.3) is 5.57 Å². The summed E-state index contributed by atoms with van der Waals surface area (Å²) in [7, 11) is 0. The Hall–Kier alpha value is -1.42. The largest absolute Gasteiger partial charge is 0.378 e. The molecule has 7 aliphatic rings. The molecule has 0 aromatic heterocycles. The molecule has 0 amide bonds. The average Bonchev–Trinajstić information content (AvgIpc) is 3.42. The Labute approximate surface area is 294 Å². The predicted octanol–water partition coefficient (Wildman–Crippen LogP) is 10.2. The summed E-state index contributed by atoms with van der Waals surface area (Å²) >= 11 is 0. The van der Waals surface area contributed by atoms with Crippen LogP contribution < -0.4 is 5.32 Å². The van der Waals surface area contributed by atoms with E-state index in [-0.39, 0.29) is 11.0 Å². The molecule has 2 aliphatic heterocycles. The van der Waals surface area contributed by atoms with Crippen molar-refractivity contribution >= 4 is 5.57 Å². The van der Waals surface area contributed by atoms with Crippen molar-refractivity contribution < 1.29 is 4.74 Å². The molecule has 48 heavy (non-hydrogen) atoms. The number of benzene rings is 1. The topological polar surface area (TPSA) is 24.5 Å². The number of allylic oxidation sites excluding steroid dienone is 3. The number of nitrogens with zero attached hydrogens (tertiary/aromatic N) is 1. The van der Waals surface area contributed by atoms with Gasteiger partial charge in [0, 0.05) is 30.7 Å². The Morgan fingerprint density at radius 3 is 2.29 bits per heavy atom. The summed E-state index contributed by atoms with van der Waals surface area (Å²) in [5.41, 5.74) is 7.52. The van der Waals surface area contributed by atoms with Gasteiger partial charge in [0.25, 0.3) is 0 Å². The third-order valence-electron chi connectivity index (χ3n) is 17.5. The molecule has 2 bridgehead atoms. The van der Waals surface area contributed by atoms with E-state index in [0.29, 0.717) is 34.2 Å². The molecule has 2 unspecified atom stereocenters. The molecular formula is C45H68N2O. The number of nitrogens with one attached hydrogen (secondary N) is 1. The third-order valence-corrected chi connectivity index (χ3v) is 17.5. The van der Waals surface area contributed by atoms with Gasteiger partial charge in [0.05, 0.1) is 13.2 Å². The van der Waals surface area contributed by atoms with Gasteiger partial charge in [-0.15, -0.1) is 0 Å². The van der Waals surface area contributed by atoms with Crippen LogP contribution in [-0.4, -0.2) is 48.8 Å². The molecule has 4 saturated carbocycles. The second-order valence-corrected chi connectivity index (χ2v) is 19.7. The van der Waals surface area contributed by atoms with Crippen molar-refractivity contribution in [2.24, 2.45) is 51.2 Å². The van der Waals surface area contributed by atoms with Crippen LogP contribution in [0.1, 0.15) is 130 Å². The fraction of sp³-hybridized carbons (Fsp3) is 0.778. The van der Waals surface area contributed by atoms with Crippen molar-refractivity contribution in [2.45, 2.75) is 143 Å². The molecule has 6 fully saturated rings. The molecule has 3 nitrogen and oxygen atoms in total. The van der Waals surface area contributed by atoms with E-state index >= 15 is 0 Å². The van der Waals surface area contributed by atoms with Crippen molar-refractivity contribution in [3.05, 3.63) is 53.6 Å². The molecule has 2 saturated heterocycles.